The van der Waals surface area contributed by atoms with Gasteiger partial charge in [-0.3, -0.25) is 0 Å². The van der Waals surface area contributed by atoms with Crippen molar-refractivity contribution in [3.63, 3.8) is 0 Å². The molecule has 2 unspecified atom stereocenters. The van der Waals surface area contributed by atoms with Crippen LogP contribution in [0.25, 0.3) is 0 Å². The predicted molar refractivity (Wildman–Crippen MR) is 69.0 cm³/mol. The molecular formula is C11H16BrNO2S. The van der Waals surface area contributed by atoms with Gasteiger partial charge in [-0.1, -0.05) is 6.92 Å². The molecule has 0 aliphatic carbocycles. The van der Waals surface area contributed by atoms with E-state index >= 15 is 0 Å². The van der Waals surface area contributed by atoms with Crippen LogP contribution in [0, 0.1) is 0 Å². The molecule has 1 fully saturated rings. The number of rotatable bonds is 4. The lowest BCUT2D eigenvalue weighted by Gasteiger charge is -2.31. The van der Waals surface area contributed by atoms with Crippen LogP contribution in [0.4, 0.5) is 0 Å². The smallest absolute Gasteiger partial charge is 0.100 e. The fraction of sp³-hybridized carbons (Fsp3) is 0.636. The molecule has 1 N–H and O–H groups in total. The Kier molecular flexibility index (Phi) is 4.79. The summed E-state index contributed by atoms with van der Waals surface area (Å²) in [6.45, 7) is 5.10. The molecule has 1 aromatic rings. The first kappa shape index (κ1) is 12.5. The first-order chi connectivity index (χ1) is 7.83. The van der Waals surface area contributed by atoms with Gasteiger partial charge >= 0.3 is 0 Å². The molecule has 1 aromatic heterocycles. The molecule has 3 nitrogen and oxygen atoms in total. The first-order valence-corrected chi connectivity index (χ1v) is 7.20. The predicted octanol–water partition coefficient (Wildman–Crippen LogP) is 2.58. The van der Waals surface area contributed by atoms with Gasteiger partial charge < -0.3 is 14.8 Å². The van der Waals surface area contributed by atoms with Crippen molar-refractivity contribution >= 4 is 27.3 Å². The van der Waals surface area contributed by atoms with Crippen LogP contribution in [0.1, 0.15) is 18.5 Å². The second-order valence-electron chi connectivity index (χ2n) is 3.69. The third kappa shape index (κ3) is 2.84. The molecule has 0 saturated carbocycles. The first-order valence-electron chi connectivity index (χ1n) is 5.47. The zero-order chi connectivity index (χ0) is 11.4. The number of thiophene rings is 1. The van der Waals surface area contributed by atoms with Crippen molar-refractivity contribution in [3.05, 3.63) is 20.8 Å². The molecular weight excluding hydrogens is 290 g/mol. The van der Waals surface area contributed by atoms with Gasteiger partial charge in [0.1, 0.15) is 6.10 Å². The molecule has 90 valence electrons. The molecule has 5 heteroatoms. The third-order valence-corrected chi connectivity index (χ3v) is 4.37. The molecule has 0 aromatic carbocycles. The number of nitrogens with one attached hydrogen (secondary N) is 1. The van der Waals surface area contributed by atoms with E-state index in [1.807, 2.05) is 0 Å². The summed E-state index contributed by atoms with van der Waals surface area (Å²) in [5.41, 5.74) is 1.27. The van der Waals surface area contributed by atoms with Crippen molar-refractivity contribution in [2.45, 2.75) is 19.1 Å². The second-order valence-corrected chi connectivity index (χ2v) is 5.29. The minimum absolute atomic E-state index is 0.111. The zero-order valence-electron chi connectivity index (χ0n) is 9.24. The molecule has 0 radical (unpaired) electrons. The van der Waals surface area contributed by atoms with Crippen LogP contribution in [0.3, 0.4) is 0 Å². The van der Waals surface area contributed by atoms with E-state index < -0.39 is 0 Å². The highest BCUT2D eigenvalue weighted by Gasteiger charge is 2.27. The summed E-state index contributed by atoms with van der Waals surface area (Å²) in [5, 5.41) is 7.73. The number of likely N-dealkylation sites (N-methyl/N-ethyl adjacent to an activating group) is 1. The number of ether oxygens (including phenoxy) is 2. The minimum Gasteiger partial charge on any atom is -0.376 e. The molecule has 0 amide bonds. The summed E-state index contributed by atoms with van der Waals surface area (Å²) < 4.78 is 12.4. The second kappa shape index (κ2) is 6.12. The standard InChI is InChI=1S/C11H16BrNO2S/c1-2-13-11(8-6-16-7-9(8)12)10-5-14-3-4-15-10/h6-7,10-11,13H,2-5H2,1H3. The van der Waals surface area contributed by atoms with Gasteiger partial charge in [0.2, 0.25) is 0 Å². The van der Waals surface area contributed by atoms with Gasteiger partial charge in [0.15, 0.2) is 0 Å². The van der Waals surface area contributed by atoms with Crippen LogP contribution >= 0.6 is 27.3 Å². The normalized spacial score (nSPS) is 23.2. The highest BCUT2D eigenvalue weighted by atomic mass is 79.9. The Morgan fingerprint density at radius 2 is 2.44 bits per heavy atom. The Morgan fingerprint density at radius 1 is 1.56 bits per heavy atom. The van der Waals surface area contributed by atoms with Gasteiger partial charge in [0.05, 0.1) is 25.9 Å². The van der Waals surface area contributed by atoms with Gasteiger partial charge in [0.25, 0.3) is 0 Å². The molecule has 2 rings (SSSR count). The van der Waals surface area contributed by atoms with Gasteiger partial charge in [-0.2, -0.15) is 11.3 Å². The molecule has 2 atom stereocenters. The SMILES string of the molecule is CCNC(c1cscc1Br)C1COCCO1. The Morgan fingerprint density at radius 3 is 3.00 bits per heavy atom. The van der Waals surface area contributed by atoms with Crippen LogP contribution in [0.2, 0.25) is 0 Å². The maximum Gasteiger partial charge on any atom is 0.100 e. The Bertz CT molecular complexity index is 326. The summed E-state index contributed by atoms with van der Waals surface area (Å²) in [6.07, 6.45) is 0.111. The Labute approximate surface area is 108 Å². The van der Waals surface area contributed by atoms with E-state index in [1.54, 1.807) is 11.3 Å². The quantitative estimate of drug-likeness (QED) is 0.927. The molecule has 16 heavy (non-hydrogen) atoms. The van der Waals surface area contributed by atoms with Crippen LogP contribution in [-0.2, 0) is 9.47 Å². The van der Waals surface area contributed by atoms with Crippen LogP contribution < -0.4 is 5.32 Å². The van der Waals surface area contributed by atoms with Crippen molar-refractivity contribution in [2.75, 3.05) is 26.4 Å². The van der Waals surface area contributed by atoms with E-state index in [9.17, 15) is 0 Å². The Balaban J connectivity index is 2.12. The number of hydrogen-bond donors (Lipinski definition) is 1. The summed E-state index contributed by atoms with van der Waals surface area (Å²) in [5.74, 6) is 0. The average molecular weight is 306 g/mol. The van der Waals surface area contributed by atoms with Crippen molar-refractivity contribution in [2.24, 2.45) is 0 Å². The molecule has 1 aliphatic rings. The fourth-order valence-corrected chi connectivity index (χ4v) is 3.45. The van der Waals surface area contributed by atoms with Crippen molar-refractivity contribution in [3.8, 4) is 0 Å². The molecule has 0 spiro atoms. The van der Waals surface area contributed by atoms with E-state index in [1.165, 1.54) is 5.56 Å². The molecule has 1 saturated heterocycles. The highest BCUT2D eigenvalue weighted by molar-refractivity contribution is 9.10. The van der Waals surface area contributed by atoms with Gasteiger partial charge in [0, 0.05) is 9.85 Å². The van der Waals surface area contributed by atoms with Crippen molar-refractivity contribution in [1.82, 2.24) is 5.32 Å². The average Bonchev–Trinajstić information content (AvgIpc) is 2.73. The van der Waals surface area contributed by atoms with E-state index in [4.69, 9.17) is 9.47 Å². The van der Waals surface area contributed by atoms with Gasteiger partial charge in [-0.25, -0.2) is 0 Å². The lowest BCUT2D eigenvalue weighted by molar-refractivity contribution is -0.102. The monoisotopic (exact) mass is 305 g/mol. The highest BCUT2D eigenvalue weighted by Crippen LogP contribution is 2.31. The summed E-state index contributed by atoms with van der Waals surface area (Å²) in [4.78, 5) is 0. The summed E-state index contributed by atoms with van der Waals surface area (Å²) in [6, 6.07) is 0.214. The number of hydrogen-bond acceptors (Lipinski definition) is 4. The van der Waals surface area contributed by atoms with Crippen LogP contribution in [0.15, 0.2) is 15.2 Å². The molecule has 1 aliphatic heterocycles. The van der Waals surface area contributed by atoms with Crippen molar-refractivity contribution in [1.29, 1.82) is 0 Å². The maximum atomic E-state index is 5.77. The number of halogens is 1. The molecule has 2 heterocycles. The van der Waals surface area contributed by atoms with Gasteiger partial charge in [-0.05, 0) is 33.4 Å². The third-order valence-electron chi connectivity index (χ3n) is 2.61. The van der Waals surface area contributed by atoms with Crippen LogP contribution in [0.5, 0.6) is 0 Å². The van der Waals surface area contributed by atoms with E-state index in [0.29, 0.717) is 19.8 Å². The summed E-state index contributed by atoms with van der Waals surface area (Å²) in [7, 11) is 0. The van der Waals surface area contributed by atoms with Crippen molar-refractivity contribution < 1.29 is 9.47 Å². The lowest BCUT2D eigenvalue weighted by atomic mass is 10.0. The van der Waals surface area contributed by atoms with E-state index in [2.05, 4.69) is 38.9 Å². The minimum atomic E-state index is 0.111. The van der Waals surface area contributed by atoms with E-state index in [-0.39, 0.29) is 12.1 Å². The fourth-order valence-electron chi connectivity index (χ4n) is 1.87. The van der Waals surface area contributed by atoms with Gasteiger partial charge in [-0.15, -0.1) is 0 Å². The summed E-state index contributed by atoms with van der Waals surface area (Å²) >= 11 is 5.28. The van der Waals surface area contributed by atoms with E-state index in [0.717, 1.165) is 11.0 Å². The topological polar surface area (TPSA) is 30.5 Å². The molecule has 0 bridgehead atoms. The maximum absolute atomic E-state index is 5.77. The lowest BCUT2D eigenvalue weighted by Crippen LogP contribution is -2.40. The Hall–Kier alpha value is 0.0600. The van der Waals surface area contributed by atoms with Crippen LogP contribution in [-0.4, -0.2) is 32.5 Å². The zero-order valence-corrected chi connectivity index (χ0v) is 11.6. The largest absolute Gasteiger partial charge is 0.376 e.